The van der Waals surface area contributed by atoms with Crippen LogP contribution in [0.25, 0.3) is 0 Å². The zero-order chi connectivity index (χ0) is 23.7. The molecule has 1 fully saturated rings. The van der Waals surface area contributed by atoms with Gasteiger partial charge in [-0.2, -0.15) is 0 Å². The molecule has 13 nitrogen and oxygen atoms in total. The van der Waals surface area contributed by atoms with Crippen molar-refractivity contribution in [2.75, 3.05) is 59.5 Å². The smallest absolute Gasteiger partial charge is 0.371 e. The molecular weight excluding hydrogens is 474 g/mol. The van der Waals surface area contributed by atoms with Gasteiger partial charge in [0.25, 0.3) is 5.08 Å². The van der Waals surface area contributed by atoms with Crippen molar-refractivity contribution in [2.45, 2.75) is 11.4 Å². The molecule has 1 aromatic carbocycles. The molecule has 5 N–H and O–H groups in total. The summed E-state index contributed by atoms with van der Waals surface area (Å²) in [6.07, 6.45) is -0.377. The van der Waals surface area contributed by atoms with E-state index in [1.807, 2.05) is 24.3 Å². The Morgan fingerprint density at radius 2 is 1.41 bits per heavy atom. The predicted molar refractivity (Wildman–Crippen MR) is 108 cm³/mol. The summed E-state index contributed by atoms with van der Waals surface area (Å²) >= 11 is 0. The third kappa shape index (κ3) is 8.14. The Balaban J connectivity index is 1.52. The van der Waals surface area contributed by atoms with E-state index in [9.17, 15) is 14.2 Å². The molecule has 15 heteroatoms. The van der Waals surface area contributed by atoms with Crippen LogP contribution in [-0.2, 0) is 32.8 Å². The maximum atomic E-state index is 11.2. The highest BCUT2D eigenvalue weighted by molar-refractivity contribution is 7.72. The quantitative estimate of drug-likeness (QED) is 0.161. The summed E-state index contributed by atoms with van der Waals surface area (Å²) in [6, 6.07) is 7.37. The molecule has 32 heavy (non-hydrogen) atoms. The van der Waals surface area contributed by atoms with E-state index in [2.05, 4.69) is 0 Å². The van der Waals surface area contributed by atoms with Gasteiger partial charge in [-0.1, -0.05) is 12.1 Å². The van der Waals surface area contributed by atoms with Crippen LogP contribution >= 0.6 is 15.2 Å². The predicted octanol–water partition coefficient (Wildman–Crippen LogP) is 0.162. The fourth-order valence-corrected chi connectivity index (χ4v) is 4.38. The minimum Gasteiger partial charge on any atom is -0.491 e. The first kappa shape index (κ1) is 27.3. The molecule has 0 aromatic heterocycles. The van der Waals surface area contributed by atoms with Gasteiger partial charge in [-0.3, -0.25) is 9.13 Å². The van der Waals surface area contributed by atoms with Gasteiger partial charge >= 0.3 is 15.2 Å². The van der Waals surface area contributed by atoms with Crippen molar-refractivity contribution in [3.8, 4) is 5.75 Å². The second kappa shape index (κ2) is 12.5. The normalized spacial score (nSPS) is 15.9. The molecule has 0 unspecified atom stereocenters. The standard InChI is InChI=1S/C17H28O13P2/c18-17(31(19,20)21,32(22,23)24)13-27-7-6-25-4-5-26-8-9-28-15-3-1-2-14(12-15)16-29-10-11-30-16/h1-3,12,16,18H,4-11,13H2,(H2,19,20,21)(H2,22,23,24). The highest BCUT2D eigenvalue weighted by Crippen LogP contribution is 2.67. The minimum atomic E-state index is -5.53. The van der Waals surface area contributed by atoms with Gasteiger partial charge in [-0.25, -0.2) is 0 Å². The highest BCUT2D eigenvalue weighted by atomic mass is 31.2. The Bertz CT molecular complexity index is 764. The summed E-state index contributed by atoms with van der Waals surface area (Å²) in [5, 5.41) is 6.03. The minimum absolute atomic E-state index is 0.0453. The van der Waals surface area contributed by atoms with E-state index < -0.39 is 26.9 Å². The lowest BCUT2D eigenvalue weighted by Crippen LogP contribution is -2.34. The summed E-state index contributed by atoms with van der Waals surface area (Å²) in [6.45, 7) is 0.589. The molecule has 0 saturated carbocycles. The number of aliphatic hydroxyl groups is 1. The molecule has 0 spiro atoms. The van der Waals surface area contributed by atoms with Gasteiger partial charge in [-0.15, -0.1) is 0 Å². The lowest BCUT2D eigenvalue weighted by atomic mass is 10.2. The zero-order valence-electron chi connectivity index (χ0n) is 17.1. The average molecular weight is 502 g/mol. The summed E-state index contributed by atoms with van der Waals surface area (Å²) in [4.78, 5) is 35.9. The monoisotopic (exact) mass is 502 g/mol. The third-order valence-electron chi connectivity index (χ3n) is 4.22. The summed E-state index contributed by atoms with van der Waals surface area (Å²) in [5.41, 5.74) is 0.872. The summed E-state index contributed by atoms with van der Waals surface area (Å²) in [5.74, 6) is 0.657. The lowest BCUT2D eigenvalue weighted by molar-refractivity contribution is -0.0442. The molecule has 1 aliphatic rings. The lowest BCUT2D eigenvalue weighted by Gasteiger charge is -2.28. The first-order valence-corrected chi connectivity index (χ1v) is 12.8. The molecule has 0 amide bonds. The molecule has 0 atom stereocenters. The van der Waals surface area contributed by atoms with E-state index in [4.69, 9.17) is 48.0 Å². The van der Waals surface area contributed by atoms with E-state index >= 15 is 0 Å². The van der Waals surface area contributed by atoms with Gasteiger partial charge in [0.05, 0.1) is 52.9 Å². The second-order valence-corrected chi connectivity index (χ2v) is 10.6. The SMILES string of the molecule is O=P(O)(O)C(O)(COCCOCCOCCOc1cccc(C2OCCO2)c1)P(=O)(O)O. The molecular formula is C17H28O13P2. The fraction of sp³-hybridized carbons (Fsp3) is 0.647. The fourth-order valence-electron chi connectivity index (χ4n) is 2.51. The molecule has 1 aliphatic heterocycles. The number of rotatable bonds is 15. The zero-order valence-corrected chi connectivity index (χ0v) is 18.9. The average Bonchev–Trinajstić information content (AvgIpc) is 3.25. The largest absolute Gasteiger partial charge is 0.491 e. The Hall–Kier alpha value is -0.920. The van der Waals surface area contributed by atoms with Crippen LogP contribution in [-0.4, -0.2) is 89.2 Å². The van der Waals surface area contributed by atoms with Gasteiger partial charge in [0, 0.05) is 5.56 Å². The Morgan fingerprint density at radius 3 is 1.97 bits per heavy atom. The van der Waals surface area contributed by atoms with E-state index in [-0.39, 0.29) is 32.7 Å². The van der Waals surface area contributed by atoms with E-state index in [0.29, 0.717) is 32.2 Å². The maximum Gasteiger partial charge on any atom is 0.371 e. The van der Waals surface area contributed by atoms with Gasteiger partial charge in [-0.05, 0) is 12.1 Å². The third-order valence-corrected chi connectivity index (χ3v) is 7.91. The van der Waals surface area contributed by atoms with Gasteiger partial charge < -0.3 is 53.1 Å². The van der Waals surface area contributed by atoms with Crippen molar-refractivity contribution >= 4 is 15.2 Å². The first-order valence-electron chi connectivity index (χ1n) is 9.57. The van der Waals surface area contributed by atoms with Crippen LogP contribution in [0.15, 0.2) is 24.3 Å². The van der Waals surface area contributed by atoms with Crippen LogP contribution in [0.1, 0.15) is 11.9 Å². The van der Waals surface area contributed by atoms with Crippen LogP contribution in [0, 0.1) is 0 Å². The van der Waals surface area contributed by atoms with E-state index in [0.717, 1.165) is 5.56 Å². The highest BCUT2D eigenvalue weighted by Gasteiger charge is 2.59. The van der Waals surface area contributed by atoms with Crippen molar-refractivity contribution < 1.29 is 62.2 Å². The summed E-state index contributed by atoms with van der Waals surface area (Å²) < 4.78 is 54.1. The first-order chi connectivity index (χ1) is 15.0. The van der Waals surface area contributed by atoms with Crippen molar-refractivity contribution in [2.24, 2.45) is 0 Å². The number of benzene rings is 1. The number of hydrogen-bond acceptors (Lipinski definition) is 9. The van der Waals surface area contributed by atoms with Crippen molar-refractivity contribution in [1.82, 2.24) is 0 Å². The Labute approximate surface area is 184 Å². The van der Waals surface area contributed by atoms with E-state index in [1.54, 1.807) is 0 Å². The second-order valence-electron chi connectivity index (χ2n) is 6.63. The molecule has 2 rings (SSSR count). The number of hydrogen-bond donors (Lipinski definition) is 5. The number of ether oxygens (including phenoxy) is 6. The molecule has 1 heterocycles. The van der Waals surface area contributed by atoms with Crippen LogP contribution in [0.5, 0.6) is 5.75 Å². The Morgan fingerprint density at radius 1 is 0.875 bits per heavy atom. The van der Waals surface area contributed by atoms with Crippen molar-refractivity contribution in [3.63, 3.8) is 0 Å². The van der Waals surface area contributed by atoms with E-state index in [1.165, 1.54) is 0 Å². The molecule has 1 saturated heterocycles. The van der Waals surface area contributed by atoms with Gasteiger partial charge in [0.2, 0.25) is 0 Å². The molecule has 0 radical (unpaired) electrons. The van der Waals surface area contributed by atoms with Crippen molar-refractivity contribution in [1.29, 1.82) is 0 Å². The Kier molecular flexibility index (Phi) is 10.7. The maximum absolute atomic E-state index is 11.2. The summed E-state index contributed by atoms with van der Waals surface area (Å²) in [7, 11) is -11.1. The van der Waals surface area contributed by atoms with Crippen LogP contribution < -0.4 is 4.74 Å². The molecule has 1 aromatic rings. The van der Waals surface area contributed by atoms with Gasteiger partial charge in [0.15, 0.2) is 6.29 Å². The molecule has 0 bridgehead atoms. The molecule has 184 valence electrons. The van der Waals surface area contributed by atoms with Crippen LogP contribution in [0.2, 0.25) is 0 Å². The van der Waals surface area contributed by atoms with Crippen LogP contribution in [0.3, 0.4) is 0 Å². The van der Waals surface area contributed by atoms with Crippen molar-refractivity contribution in [3.05, 3.63) is 29.8 Å². The van der Waals surface area contributed by atoms with Crippen LogP contribution in [0.4, 0.5) is 0 Å². The topological polar surface area (TPSA) is 191 Å². The molecule has 0 aliphatic carbocycles. The van der Waals surface area contributed by atoms with Gasteiger partial charge in [0.1, 0.15) is 12.4 Å².